The monoisotopic (exact) mass is 423 g/mol. The van der Waals surface area contributed by atoms with E-state index in [-0.39, 0.29) is 5.91 Å². The smallest absolute Gasteiger partial charge is 0.254 e. The lowest BCUT2D eigenvalue weighted by Crippen LogP contribution is -2.30. The third-order valence-electron chi connectivity index (χ3n) is 4.50. The number of benzene rings is 2. The number of carbonyl (C=O) groups excluding carboxylic acids is 1. The Kier molecular flexibility index (Phi) is 7.51. The molecule has 0 aliphatic heterocycles. The molecule has 0 aliphatic rings. The van der Waals surface area contributed by atoms with E-state index in [0.717, 1.165) is 10.4 Å². The van der Waals surface area contributed by atoms with E-state index in [1.54, 1.807) is 48.7 Å². The second-order valence-electron chi connectivity index (χ2n) is 6.54. The largest absolute Gasteiger partial charge is 0.493 e. The van der Waals surface area contributed by atoms with Gasteiger partial charge in [0.05, 0.1) is 20.8 Å². The normalized spacial score (nSPS) is 10.3. The van der Waals surface area contributed by atoms with Crippen molar-refractivity contribution in [3.8, 4) is 17.2 Å². The van der Waals surface area contributed by atoms with Crippen molar-refractivity contribution in [2.24, 2.45) is 0 Å². The van der Waals surface area contributed by atoms with Gasteiger partial charge in [0, 0.05) is 17.0 Å². The minimum atomic E-state index is -0.130. The molecule has 30 heavy (non-hydrogen) atoms. The Labute approximate surface area is 181 Å². The van der Waals surface area contributed by atoms with Gasteiger partial charge in [0.25, 0.3) is 5.91 Å². The van der Waals surface area contributed by atoms with Crippen LogP contribution in [0, 0.1) is 0 Å². The molecule has 0 fully saturated rings. The molecule has 156 valence electrons. The quantitative estimate of drug-likeness (QED) is 0.422. The van der Waals surface area contributed by atoms with E-state index >= 15 is 0 Å². The van der Waals surface area contributed by atoms with E-state index in [9.17, 15) is 4.79 Å². The minimum absolute atomic E-state index is 0.130. The first-order chi connectivity index (χ1) is 14.7. The van der Waals surface area contributed by atoms with Crippen LogP contribution in [0.2, 0.25) is 0 Å². The molecule has 0 saturated heterocycles. The van der Waals surface area contributed by atoms with Gasteiger partial charge in [-0.2, -0.15) is 0 Å². The van der Waals surface area contributed by atoms with E-state index in [2.05, 4.69) is 6.58 Å². The second-order valence-corrected chi connectivity index (χ2v) is 7.57. The number of amides is 1. The minimum Gasteiger partial charge on any atom is -0.493 e. The van der Waals surface area contributed by atoms with Gasteiger partial charge in [-0.1, -0.05) is 42.5 Å². The molecular formula is C24H25NO4S. The fraction of sp³-hybridized carbons (Fsp3) is 0.208. The van der Waals surface area contributed by atoms with Crippen molar-refractivity contribution >= 4 is 17.2 Å². The van der Waals surface area contributed by atoms with Crippen LogP contribution in [0.4, 0.5) is 0 Å². The van der Waals surface area contributed by atoms with E-state index in [1.165, 1.54) is 0 Å². The lowest BCUT2D eigenvalue weighted by atomic mass is 10.1. The van der Waals surface area contributed by atoms with Crippen LogP contribution in [-0.2, 0) is 13.2 Å². The van der Waals surface area contributed by atoms with Gasteiger partial charge >= 0.3 is 0 Å². The number of thiophene rings is 1. The van der Waals surface area contributed by atoms with Crippen LogP contribution in [0.3, 0.4) is 0 Å². The lowest BCUT2D eigenvalue weighted by molar-refractivity contribution is 0.0763. The fourth-order valence-electron chi connectivity index (χ4n) is 3.02. The van der Waals surface area contributed by atoms with Crippen molar-refractivity contribution in [2.45, 2.75) is 13.2 Å². The third-order valence-corrected chi connectivity index (χ3v) is 5.36. The first-order valence-electron chi connectivity index (χ1n) is 9.51. The van der Waals surface area contributed by atoms with Gasteiger partial charge in [-0.25, -0.2) is 0 Å². The number of hydrogen-bond acceptors (Lipinski definition) is 5. The number of carbonyl (C=O) groups is 1. The van der Waals surface area contributed by atoms with Crippen LogP contribution in [0.1, 0.15) is 20.8 Å². The van der Waals surface area contributed by atoms with E-state index in [1.807, 2.05) is 47.8 Å². The van der Waals surface area contributed by atoms with Crippen molar-refractivity contribution in [1.29, 1.82) is 0 Å². The molecule has 2 aromatic carbocycles. The molecule has 0 aliphatic carbocycles. The third kappa shape index (κ3) is 5.21. The van der Waals surface area contributed by atoms with E-state index in [4.69, 9.17) is 14.2 Å². The first-order valence-corrected chi connectivity index (χ1v) is 10.4. The zero-order valence-electron chi connectivity index (χ0n) is 17.2. The summed E-state index contributed by atoms with van der Waals surface area (Å²) in [5.41, 5.74) is 1.49. The highest BCUT2D eigenvalue weighted by molar-refractivity contribution is 7.09. The van der Waals surface area contributed by atoms with Crippen molar-refractivity contribution in [3.63, 3.8) is 0 Å². The van der Waals surface area contributed by atoms with Crippen molar-refractivity contribution < 1.29 is 19.0 Å². The Morgan fingerprint density at radius 2 is 1.77 bits per heavy atom. The summed E-state index contributed by atoms with van der Waals surface area (Å²) >= 11 is 1.61. The number of rotatable bonds is 10. The molecule has 1 heterocycles. The van der Waals surface area contributed by atoms with E-state index < -0.39 is 0 Å². The molecule has 0 atom stereocenters. The molecule has 3 aromatic rings. The highest BCUT2D eigenvalue weighted by Crippen LogP contribution is 2.39. The van der Waals surface area contributed by atoms with Crippen LogP contribution in [0.15, 0.2) is 72.6 Å². The van der Waals surface area contributed by atoms with Gasteiger partial charge in [-0.15, -0.1) is 17.9 Å². The molecule has 1 aromatic heterocycles. The Balaban J connectivity index is 1.87. The van der Waals surface area contributed by atoms with Gasteiger partial charge in [0.2, 0.25) is 5.75 Å². The highest BCUT2D eigenvalue weighted by Gasteiger charge is 2.21. The van der Waals surface area contributed by atoms with Crippen molar-refractivity contribution in [2.75, 3.05) is 20.8 Å². The Morgan fingerprint density at radius 1 is 1.07 bits per heavy atom. The molecule has 1 amide bonds. The molecule has 0 saturated carbocycles. The van der Waals surface area contributed by atoms with Crippen molar-refractivity contribution in [1.82, 2.24) is 4.90 Å². The van der Waals surface area contributed by atoms with Crippen LogP contribution < -0.4 is 14.2 Å². The van der Waals surface area contributed by atoms with Gasteiger partial charge < -0.3 is 19.1 Å². The molecular weight excluding hydrogens is 398 g/mol. The maximum Gasteiger partial charge on any atom is 0.254 e. The zero-order valence-corrected chi connectivity index (χ0v) is 18.0. The summed E-state index contributed by atoms with van der Waals surface area (Å²) in [6.07, 6.45) is 1.72. The highest BCUT2D eigenvalue weighted by atomic mass is 32.1. The number of hydrogen-bond donors (Lipinski definition) is 0. The second kappa shape index (κ2) is 10.5. The van der Waals surface area contributed by atoms with Crippen LogP contribution in [0.5, 0.6) is 17.2 Å². The van der Waals surface area contributed by atoms with E-state index in [0.29, 0.717) is 42.5 Å². The van der Waals surface area contributed by atoms with Gasteiger partial charge in [-0.3, -0.25) is 4.79 Å². The van der Waals surface area contributed by atoms with Gasteiger partial charge in [-0.05, 0) is 29.1 Å². The number of nitrogens with zero attached hydrogens (tertiary/aromatic N) is 1. The molecule has 0 spiro atoms. The molecule has 0 unspecified atom stereocenters. The lowest BCUT2D eigenvalue weighted by Gasteiger charge is -2.22. The predicted molar refractivity (Wildman–Crippen MR) is 120 cm³/mol. The summed E-state index contributed by atoms with van der Waals surface area (Å²) in [6, 6.07) is 17.2. The van der Waals surface area contributed by atoms with Gasteiger partial charge in [0.15, 0.2) is 11.5 Å². The standard InChI is InChI=1S/C24H25NO4S/c1-4-12-25(16-20-11-8-13-30-20)24(26)19-14-21(27-2)23(22(15-19)28-3)29-17-18-9-6-5-7-10-18/h4-11,13-15H,1,12,16-17H2,2-3H3. The molecule has 3 rings (SSSR count). The summed E-state index contributed by atoms with van der Waals surface area (Å²) in [6.45, 7) is 5.10. The molecule has 5 nitrogen and oxygen atoms in total. The first kappa shape index (κ1) is 21.5. The van der Waals surface area contributed by atoms with Crippen LogP contribution in [-0.4, -0.2) is 31.6 Å². The summed E-state index contributed by atoms with van der Waals surface area (Å²) < 4.78 is 17.0. The molecule has 0 radical (unpaired) electrons. The molecule has 0 N–H and O–H groups in total. The predicted octanol–water partition coefficient (Wildman–Crippen LogP) is 5.17. The SMILES string of the molecule is C=CCN(Cc1cccs1)C(=O)c1cc(OC)c(OCc2ccccc2)c(OC)c1. The fourth-order valence-corrected chi connectivity index (χ4v) is 3.74. The molecule has 0 bridgehead atoms. The summed E-state index contributed by atoms with van der Waals surface area (Å²) in [5.74, 6) is 1.23. The maximum absolute atomic E-state index is 13.2. The average Bonchev–Trinajstić information content (AvgIpc) is 3.30. The van der Waals surface area contributed by atoms with Crippen LogP contribution >= 0.6 is 11.3 Å². The zero-order chi connectivity index (χ0) is 21.3. The van der Waals surface area contributed by atoms with Gasteiger partial charge in [0.1, 0.15) is 6.61 Å². The maximum atomic E-state index is 13.2. The topological polar surface area (TPSA) is 48.0 Å². The number of ether oxygens (including phenoxy) is 3. The van der Waals surface area contributed by atoms with Crippen LogP contribution in [0.25, 0.3) is 0 Å². The Morgan fingerprint density at radius 3 is 2.33 bits per heavy atom. The summed E-state index contributed by atoms with van der Waals surface area (Å²) in [5, 5.41) is 2.00. The summed E-state index contributed by atoms with van der Waals surface area (Å²) in [4.78, 5) is 16.1. The number of methoxy groups -OCH3 is 2. The van der Waals surface area contributed by atoms with Crippen molar-refractivity contribution in [3.05, 3.63) is 88.6 Å². The Bertz CT molecular complexity index is 945. The summed E-state index contributed by atoms with van der Waals surface area (Å²) in [7, 11) is 3.09. The average molecular weight is 424 g/mol. The molecule has 6 heteroatoms. The Hall–Kier alpha value is -3.25.